The Morgan fingerprint density at radius 3 is 2.75 bits per heavy atom. The first-order valence-electron chi connectivity index (χ1n) is 4.28. The molecule has 0 radical (unpaired) electrons. The third-order valence-electron chi connectivity index (χ3n) is 2.29. The van der Waals surface area contributed by atoms with Crippen LogP contribution in [0.3, 0.4) is 0 Å². The second-order valence-corrected chi connectivity index (χ2v) is 3.55. The van der Waals surface area contributed by atoms with Gasteiger partial charge in [0, 0.05) is 5.41 Å². The van der Waals surface area contributed by atoms with E-state index in [1.54, 1.807) is 0 Å². The van der Waals surface area contributed by atoms with E-state index in [9.17, 15) is 5.11 Å². The lowest BCUT2D eigenvalue weighted by Gasteiger charge is -2.29. The molecule has 1 aliphatic rings. The van der Waals surface area contributed by atoms with E-state index in [1.807, 2.05) is 51.2 Å². The summed E-state index contributed by atoms with van der Waals surface area (Å²) in [7, 11) is 0. The van der Waals surface area contributed by atoms with Gasteiger partial charge < -0.3 is 5.11 Å². The van der Waals surface area contributed by atoms with Crippen molar-refractivity contribution in [3.8, 4) is 0 Å². The molecule has 0 spiro atoms. The lowest BCUT2D eigenvalue weighted by Crippen LogP contribution is -2.28. The number of aliphatic hydroxyl groups is 1. The van der Waals surface area contributed by atoms with Crippen LogP contribution in [-0.4, -0.2) is 11.2 Å². The lowest BCUT2D eigenvalue weighted by molar-refractivity contribution is 0.141. The van der Waals surface area contributed by atoms with Gasteiger partial charge in [-0.1, -0.05) is 36.0 Å². The molecule has 0 bridgehead atoms. The minimum Gasteiger partial charge on any atom is -0.388 e. The number of hydrogen-bond acceptors (Lipinski definition) is 1. The molecular weight excluding hydrogens is 148 g/mol. The molecule has 0 aliphatic heterocycles. The van der Waals surface area contributed by atoms with Crippen LogP contribution in [0.4, 0.5) is 0 Å². The summed E-state index contributed by atoms with van der Waals surface area (Å²) in [4.78, 5) is 0. The van der Waals surface area contributed by atoms with Gasteiger partial charge >= 0.3 is 0 Å². The van der Waals surface area contributed by atoms with Gasteiger partial charge in [0.05, 0.1) is 6.10 Å². The quantitative estimate of drug-likeness (QED) is 0.590. The van der Waals surface area contributed by atoms with Crippen molar-refractivity contribution in [3.05, 3.63) is 36.0 Å². The highest BCUT2D eigenvalue weighted by atomic mass is 16.3. The first kappa shape index (κ1) is 9.27. The van der Waals surface area contributed by atoms with Crippen molar-refractivity contribution in [2.75, 3.05) is 0 Å². The molecule has 1 rings (SSSR count). The van der Waals surface area contributed by atoms with Gasteiger partial charge in [-0.3, -0.25) is 0 Å². The van der Waals surface area contributed by atoms with Gasteiger partial charge in [0.1, 0.15) is 0 Å². The van der Waals surface area contributed by atoms with E-state index in [1.165, 1.54) is 0 Å². The smallest absolute Gasteiger partial charge is 0.0849 e. The highest BCUT2D eigenvalue weighted by Crippen LogP contribution is 2.30. The van der Waals surface area contributed by atoms with Crippen LogP contribution < -0.4 is 0 Å². The molecule has 0 fully saturated rings. The molecule has 1 aliphatic carbocycles. The Morgan fingerprint density at radius 1 is 1.58 bits per heavy atom. The molecule has 0 aromatic carbocycles. The van der Waals surface area contributed by atoms with E-state index in [2.05, 4.69) is 0 Å². The maximum absolute atomic E-state index is 9.75. The van der Waals surface area contributed by atoms with Crippen molar-refractivity contribution in [1.29, 1.82) is 0 Å². The van der Waals surface area contributed by atoms with Crippen LogP contribution in [0.1, 0.15) is 20.8 Å². The monoisotopic (exact) mass is 164 g/mol. The Balaban J connectivity index is 2.90. The van der Waals surface area contributed by atoms with Gasteiger partial charge in [-0.25, -0.2) is 0 Å². The second-order valence-electron chi connectivity index (χ2n) is 3.55. The zero-order valence-corrected chi connectivity index (χ0v) is 7.91. The largest absolute Gasteiger partial charge is 0.388 e. The first-order valence-corrected chi connectivity index (χ1v) is 4.28. The maximum Gasteiger partial charge on any atom is 0.0849 e. The number of allylic oxidation sites excluding steroid dienone is 3. The molecule has 0 heterocycles. The number of hydrogen-bond donors (Lipinski definition) is 1. The van der Waals surface area contributed by atoms with Crippen molar-refractivity contribution in [2.45, 2.75) is 26.9 Å². The van der Waals surface area contributed by atoms with Gasteiger partial charge in [0.15, 0.2) is 0 Å². The molecule has 2 unspecified atom stereocenters. The normalized spacial score (nSPS) is 35.7. The third-order valence-corrected chi connectivity index (χ3v) is 2.29. The Labute approximate surface area is 74.1 Å². The Hall–Kier alpha value is -0.820. The van der Waals surface area contributed by atoms with Gasteiger partial charge in [-0.15, -0.1) is 0 Å². The van der Waals surface area contributed by atoms with Gasteiger partial charge in [-0.2, -0.15) is 0 Å². The topological polar surface area (TPSA) is 20.2 Å². The van der Waals surface area contributed by atoms with E-state index in [4.69, 9.17) is 0 Å². The highest BCUT2D eigenvalue weighted by molar-refractivity contribution is 5.31. The summed E-state index contributed by atoms with van der Waals surface area (Å²) in [5, 5.41) is 9.75. The van der Waals surface area contributed by atoms with E-state index in [0.29, 0.717) is 0 Å². The average Bonchev–Trinajstić information content (AvgIpc) is 1.99. The van der Waals surface area contributed by atoms with Crippen LogP contribution in [-0.2, 0) is 0 Å². The van der Waals surface area contributed by atoms with Crippen LogP contribution in [0, 0.1) is 5.41 Å². The van der Waals surface area contributed by atoms with E-state index in [0.717, 1.165) is 5.57 Å². The fourth-order valence-corrected chi connectivity index (χ4v) is 1.41. The summed E-state index contributed by atoms with van der Waals surface area (Å²) in [6.45, 7) is 5.99. The fraction of sp³-hybridized carbons (Fsp3) is 0.455. The van der Waals surface area contributed by atoms with Crippen molar-refractivity contribution in [3.63, 3.8) is 0 Å². The van der Waals surface area contributed by atoms with E-state index in [-0.39, 0.29) is 5.41 Å². The molecule has 66 valence electrons. The van der Waals surface area contributed by atoms with Crippen LogP contribution >= 0.6 is 0 Å². The number of aliphatic hydroxyl groups excluding tert-OH is 1. The maximum atomic E-state index is 9.75. The molecule has 0 saturated heterocycles. The minimum absolute atomic E-state index is 0.214. The van der Waals surface area contributed by atoms with E-state index < -0.39 is 6.10 Å². The molecule has 2 atom stereocenters. The van der Waals surface area contributed by atoms with E-state index >= 15 is 0 Å². The second kappa shape index (κ2) is 3.28. The Kier molecular flexibility index (Phi) is 2.53. The molecule has 0 saturated carbocycles. The van der Waals surface area contributed by atoms with Gasteiger partial charge in [0.2, 0.25) is 0 Å². The average molecular weight is 164 g/mol. The summed E-state index contributed by atoms with van der Waals surface area (Å²) in [5.74, 6) is 0. The summed E-state index contributed by atoms with van der Waals surface area (Å²) < 4.78 is 0. The van der Waals surface area contributed by atoms with Crippen molar-refractivity contribution in [1.82, 2.24) is 0 Å². The highest BCUT2D eigenvalue weighted by Gasteiger charge is 2.27. The van der Waals surface area contributed by atoms with Crippen molar-refractivity contribution >= 4 is 0 Å². The molecule has 1 heteroatoms. The zero-order chi connectivity index (χ0) is 9.19. The van der Waals surface area contributed by atoms with Crippen LogP contribution in [0.5, 0.6) is 0 Å². The lowest BCUT2D eigenvalue weighted by atomic mass is 9.79. The van der Waals surface area contributed by atoms with Gasteiger partial charge in [-0.05, 0) is 20.8 Å². The van der Waals surface area contributed by atoms with Crippen molar-refractivity contribution < 1.29 is 5.11 Å². The standard InChI is InChI=1S/C11H16O/c1-4-6-11(3)7-5-9(2)8-10(11)12/h4-8,10,12H,1-3H3. The SMILES string of the molecule is CC=CC1(C)C=CC(C)=CC1O. The summed E-state index contributed by atoms with van der Waals surface area (Å²) in [6, 6.07) is 0. The minimum atomic E-state index is -0.390. The fourth-order valence-electron chi connectivity index (χ4n) is 1.41. The molecule has 1 nitrogen and oxygen atoms in total. The molecule has 0 aromatic rings. The zero-order valence-electron chi connectivity index (χ0n) is 7.91. The van der Waals surface area contributed by atoms with Crippen LogP contribution in [0.2, 0.25) is 0 Å². The van der Waals surface area contributed by atoms with Crippen LogP contribution in [0.25, 0.3) is 0 Å². The Bertz CT molecular complexity index is 248. The predicted octanol–water partition coefficient (Wildman–Crippen LogP) is 2.45. The summed E-state index contributed by atoms with van der Waals surface area (Å²) in [6.07, 6.45) is 9.59. The van der Waals surface area contributed by atoms with Crippen molar-refractivity contribution in [2.24, 2.45) is 5.41 Å². The summed E-state index contributed by atoms with van der Waals surface area (Å²) in [5.41, 5.74) is 0.915. The molecule has 12 heavy (non-hydrogen) atoms. The number of rotatable bonds is 1. The molecule has 0 amide bonds. The predicted molar refractivity (Wildman–Crippen MR) is 51.8 cm³/mol. The molecular formula is C11H16O. The van der Waals surface area contributed by atoms with Crippen LogP contribution in [0.15, 0.2) is 36.0 Å². The summed E-state index contributed by atoms with van der Waals surface area (Å²) >= 11 is 0. The molecule has 0 aromatic heterocycles. The third kappa shape index (κ3) is 1.67. The Morgan fingerprint density at radius 2 is 2.25 bits per heavy atom. The molecule has 1 N–H and O–H groups in total. The van der Waals surface area contributed by atoms with Gasteiger partial charge in [0.25, 0.3) is 0 Å². The first-order chi connectivity index (χ1) is 5.58.